The Bertz CT molecular complexity index is 499. The Morgan fingerprint density at radius 2 is 1.93 bits per heavy atom. The molecule has 3 heteroatoms. The smallest absolute Gasteiger partial charge is 0.163 e. The molecule has 0 N–H and O–H groups in total. The van der Waals surface area contributed by atoms with Gasteiger partial charge in [-0.1, -0.05) is 18.2 Å². The maximum absolute atomic E-state index is 4.43. The van der Waals surface area contributed by atoms with E-state index in [4.69, 9.17) is 0 Å². The number of aromatic nitrogens is 3. The average molecular weight is 181 g/mol. The van der Waals surface area contributed by atoms with Gasteiger partial charge in [0.1, 0.15) is 6.33 Å². The fourth-order valence-electron chi connectivity index (χ4n) is 1.52. The van der Waals surface area contributed by atoms with Crippen LogP contribution in [0.2, 0.25) is 0 Å². The molecular formula is C11H7N3. The van der Waals surface area contributed by atoms with Crippen molar-refractivity contribution in [2.45, 2.75) is 0 Å². The number of hydrogen-bond acceptors (Lipinski definition) is 3. The van der Waals surface area contributed by atoms with Crippen molar-refractivity contribution in [3.63, 3.8) is 0 Å². The minimum Gasteiger partial charge on any atom is -0.244 e. The van der Waals surface area contributed by atoms with Crippen LogP contribution < -0.4 is 0 Å². The molecule has 0 unspecified atom stereocenters. The summed E-state index contributed by atoms with van der Waals surface area (Å²) >= 11 is 0. The molecule has 0 saturated carbocycles. The standard InChI is InChI=1S/C11H7N3/c1-2-4-10-8(3-1)5-9-6-12-7-13-11(9)14-10/h1-7H. The molecule has 0 spiro atoms. The average Bonchev–Trinajstić information content (AvgIpc) is 2.26. The van der Waals surface area contributed by atoms with Crippen molar-refractivity contribution in [1.29, 1.82) is 0 Å². The van der Waals surface area contributed by atoms with Gasteiger partial charge in [-0.3, -0.25) is 0 Å². The quantitative estimate of drug-likeness (QED) is 0.499. The fourth-order valence-corrected chi connectivity index (χ4v) is 1.52. The van der Waals surface area contributed by atoms with E-state index in [1.807, 2.05) is 24.3 Å². The molecule has 0 bridgehead atoms. The van der Waals surface area contributed by atoms with Gasteiger partial charge in [0.05, 0.1) is 5.52 Å². The van der Waals surface area contributed by atoms with E-state index in [1.165, 1.54) is 6.33 Å². The molecule has 14 heavy (non-hydrogen) atoms. The summed E-state index contributed by atoms with van der Waals surface area (Å²) in [4.78, 5) is 12.5. The van der Waals surface area contributed by atoms with Gasteiger partial charge in [-0.05, 0) is 12.1 Å². The number of nitrogens with zero attached hydrogens (tertiary/aromatic N) is 3. The zero-order chi connectivity index (χ0) is 9.38. The molecular weight excluding hydrogens is 174 g/mol. The number of para-hydroxylation sites is 1. The lowest BCUT2D eigenvalue weighted by atomic mass is 10.2. The van der Waals surface area contributed by atoms with Crippen LogP contribution in [0.4, 0.5) is 0 Å². The molecule has 66 valence electrons. The maximum atomic E-state index is 4.43. The second-order valence-corrected chi connectivity index (χ2v) is 3.12. The van der Waals surface area contributed by atoms with Crippen molar-refractivity contribution in [1.82, 2.24) is 15.0 Å². The van der Waals surface area contributed by atoms with Crippen LogP contribution in [0.5, 0.6) is 0 Å². The lowest BCUT2D eigenvalue weighted by Gasteiger charge is -1.98. The van der Waals surface area contributed by atoms with Crippen LogP contribution in [-0.4, -0.2) is 15.0 Å². The summed E-state index contributed by atoms with van der Waals surface area (Å²) in [5, 5.41) is 2.10. The molecule has 1 aromatic carbocycles. The van der Waals surface area contributed by atoms with Gasteiger partial charge in [0.2, 0.25) is 0 Å². The fraction of sp³-hybridized carbons (Fsp3) is 0. The molecule has 2 aromatic heterocycles. The zero-order valence-corrected chi connectivity index (χ0v) is 7.38. The summed E-state index contributed by atoms with van der Waals surface area (Å²) < 4.78 is 0. The van der Waals surface area contributed by atoms with Crippen molar-refractivity contribution in [3.05, 3.63) is 42.9 Å². The van der Waals surface area contributed by atoms with E-state index in [0.29, 0.717) is 0 Å². The topological polar surface area (TPSA) is 38.7 Å². The summed E-state index contributed by atoms with van der Waals surface area (Å²) in [5.41, 5.74) is 1.72. The number of fused-ring (bicyclic) bond motifs is 2. The van der Waals surface area contributed by atoms with E-state index in [-0.39, 0.29) is 0 Å². The molecule has 0 aliphatic carbocycles. The highest BCUT2D eigenvalue weighted by atomic mass is 14.9. The predicted octanol–water partition coefficient (Wildman–Crippen LogP) is 2.18. The minimum atomic E-state index is 0.749. The van der Waals surface area contributed by atoms with Crippen LogP contribution in [0, 0.1) is 0 Å². The molecule has 2 heterocycles. The van der Waals surface area contributed by atoms with Crippen LogP contribution in [-0.2, 0) is 0 Å². The highest BCUT2D eigenvalue weighted by molar-refractivity contribution is 5.90. The van der Waals surface area contributed by atoms with Crippen molar-refractivity contribution < 1.29 is 0 Å². The molecule has 0 fully saturated rings. The zero-order valence-electron chi connectivity index (χ0n) is 7.38. The van der Waals surface area contributed by atoms with Gasteiger partial charge in [-0.15, -0.1) is 0 Å². The third-order valence-electron chi connectivity index (χ3n) is 2.19. The summed E-state index contributed by atoms with van der Waals surface area (Å²) in [7, 11) is 0. The number of hydrogen-bond donors (Lipinski definition) is 0. The summed E-state index contributed by atoms with van der Waals surface area (Å²) in [6, 6.07) is 10.0. The van der Waals surface area contributed by atoms with Crippen LogP contribution in [0.1, 0.15) is 0 Å². The van der Waals surface area contributed by atoms with Crippen molar-refractivity contribution >= 4 is 21.9 Å². The molecule has 3 nitrogen and oxygen atoms in total. The van der Waals surface area contributed by atoms with Gasteiger partial charge in [0.15, 0.2) is 5.65 Å². The Kier molecular flexibility index (Phi) is 1.44. The van der Waals surface area contributed by atoms with E-state index in [0.717, 1.165) is 21.9 Å². The van der Waals surface area contributed by atoms with E-state index in [9.17, 15) is 0 Å². The van der Waals surface area contributed by atoms with Gasteiger partial charge in [-0.25, -0.2) is 15.0 Å². The Labute approximate surface area is 80.5 Å². The molecule has 0 saturated heterocycles. The first kappa shape index (κ1) is 7.38. The normalized spacial score (nSPS) is 10.9. The predicted molar refractivity (Wildman–Crippen MR) is 54.8 cm³/mol. The second kappa shape index (κ2) is 2.73. The number of pyridine rings is 1. The molecule has 3 aromatic rings. The number of rotatable bonds is 0. The molecule has 0 aliphatic heterocycles. The lowest BCUT2D eigenvalue weighted by molar-refractivity contribution is 1.19. The molecule has 0 aliphatic rings. The van der Waals surface area contributed by atoms with Gasteiger partial charge in [-0.2, -0.15) is 0 Å². The van der Waals surface area contributed by atoms with E-state index in [1.54, 1.807) is 6.20 Å². The van der Waals surface area contributed by atoms with E-state index >= 15 is 0 Å². The Balaban J connectivity index is 2.52. The van der Waals surface area contributed by atoms with Crippen LogP contribution in [0.15, 0.2) is 42.9 Å². The molecule has 0 amide bonds. The first-order valence-electron chi connectivity index (χ1n) is 4.39. The van der Waals surface area contributed by atoms with Gasteiger partial charge >= 0.3 is 0 Å². The highest BCUT2D eigenvalue weighted by Crippen LogP contribution is 2.16. The van der Waals surface area contributed by atoms with E-state index < -0.39 is 0 Å². The summed E-state index contributed by atoms with van der Waals surface area (Å²) in [6.45, 7) is 0. The van der Waals surface area contributed by atoms with Gasteiger partial charge in [0.25, 0.3) is 0 Å². The van der Waals surface area contributed by atoms with Crippen molar-refractivity contribution in [2.75, 3.05) is 0 Å². The minimum absolute atomic E-state index is 0.749. The third-order valence-corrected chi connectivity index (χ3v) is 2.19. The van der Waals surface area contributed by atoms with Crippen molar-refractivity contribution in [2.24, 2.45) is 0 Å². The van der Waals surface area contributed by atoms with Gasteiger partial charge < -0.3 is 0 Å². The Hall–Kier alpha value is -2.03. The largest absolute Gasteiger partial charge is 0.244 e. The lowest BCUT2D eigenvalue weighted by Crippen LogP contribution is -1.86. The molecule has 0 radical (unpaired) electrons. The van der Waals surface area contributed by atoms with Gasteiger partial charge in [0, 0.05) is 17.0 Å². The maximum Gasteiger partial charge on any atom is 0.163 e. The third kappa shape index (κ3) is 1.03. The van der Waals surface area contributed by atoms with Crippen LogP contribution in [0.25, 0.3) is 21.9 Å². The van der Waals surface area contributed by atoms with Crippen LogP contribution >= 0.6 is 0 Å². The summed E-state index contributed by atoms with van der Waals surface area (Å²) in [6.07, 6.45) is 3.30. The Morgan fingerprint density at radius 3 is 2.93 bits per heavy atom. The van der Waals surface area contributed by atoms with Crippen LogP contribution in [0.3, 0.4) is 0 Å². The van der Waals surface area contributed by atoms with E-state index in [2.05, 4.69) is 21.0 Å². The number of benzene rings is 1. The summed E-state index contributed by atoms with van der Waals surface area (Å²) in [5.74, 6) is 0. The molecule has 3 rings (SSSR count). The highest BCUT2D eigenvalue weighted by Gasteiger charge is 1.98. The monoisotopic (exact) mass is 181 g/mol. The first-order valence-corrected chi connectivity index (χ1v) is 4.39. The first-order chi connectivity index (χ1) is 6.93. The Morgan fingerprint density at radius 1 is 1.00 bits per heavy atom. The van der Waals surface area contributed by atoms with Crippen molar-refractivity contribution in [3.8, 4) is 0 Å². The second-order valence-electron chi connectivity index (χ2n) is 3.12. The molecule has 0 atom stereocenters. The SMILES string of the molecule is c1ccc2nc3ncncc3cc2c1.